The van der Waals surface area contributed by atoms with Gasteiger partial charge in [0.05, 0.1) is 12.6 Å². The molecule has 0 aliphatic rings. The smallest absolute Gasteiger partial charge is 0.143 e. The zero-order chi connectivity index (χ0) is 9.42. The number of aryl methyl sites for hydroxylation is 2. The summed E-state index contributed by atoms with van der Waals surface area (Å²) in [7, 11) is 3.74. The summed E-state index contributed by atoms with van der Waals surface area (Å²) in [6.45, 7) is 2.11. The van der Waals surface area contributed by atoms with Crippen LogP contribution >= 0.6 is 0 Å². The van der Waals surface area contributed by atoms with E-state index in [1.807, 2.05) is 19.2 Å². The fourth-order valence-corrected chi connectivity index (χ4v) is 1.79. The highest BCUT2D eigenvalue weighted by Crippen LogP contribution is 2.28. The third kappa shape index (κ3) is 1.10. The van der Waals surface area contributed by atoms with Gasteiger partial charge in [-0.3, -0.25) is 0 Å². The van der Waals surface area contributed by atoms with Crippen LogP contribution in [0.4, 0.5) is 0 Å². The zero-order valence-corrected chi connectivity index (χ0v) is 8.16. The van der Waals surface area contributed by atoms with Crippen molar-refractivity contribution < 1.29 is 4.74 Å². The molecular weight excluding hydrogens is 162 g/mol. The van der Waals surface area contributed by atoms with E-state index in [0.29, 0.717) is 0 Å². The molecule has 0 N–H and O–H groups in total. The van der Waals surface area contributed by atoms with Gasteiger partial charge in [-0.2, -0.15) is 0 Å². The van der Waals surface area contributed by atoms with Crippen LogP contribution in [0.15, 0.2) is 24.4 Å². The molecule has 0 aliphatic heterocycles. The van der Waals surface area contributed by atoms with Crippen molar-refractivity contribution >= 4 is 10.9 Å². The maximum absolute atomic E-state index is 5.30. The molecule has 2 heteroatoms. The average molecular weight is 175 g/mol. The number of para-hydroxylation sites is 1. The highest BCUT2D eigenvalue weighted by Gasteiger charge is 2.06. The molecule has 1 aromatic carbocycles. The maximum Gasteiger partial charge on any atom is 0.143 e. The lowest BCUT2D eigenvalue weighted by molar-refractivity contribution is 0.418. The van der Waals surface area contributed by atoms with Gasteiger partial charge in [0, 0.05) is 18.6 Å². The van der Waals surface area contributed by atoms with Crippen LogP contribution in [-0.4, -0.2) is 11.7 Å². The Labute approximate surface area is 77.7 Å². The number of benzene rings is 1. The molecule has 1 aromatic heterocycles. The standard InChI is InChI=1S/C11H13NO/c1-8-7-12(2)11-9(8)5-4-6-10(11)13-3/h4-7H,1-3H3. The van der Waals surface area contributed by atoms with Crippen LogP contribution in [0.1, 0.15) is 5.56 Å². The van der Waals surface area contributed by atoms with Gasteiger partial charge in [0.2, 0.25) is 0 Å². The number of nitrogens with zero attached hydrogens (tertiary/aromatic N) is 1. The van der Waals surface area contributed by atoms with E-state index in [1.54, 1.807) is 7.11 Å². The highest BCUT2D eigenvalue weighted by molar-refractivity contribution is 5.88. The lowest BCUT2D eigenvalue weighted by Crippen LogP contribution is -1.89. The molecule has 1 heterocycles. The molecule has 0 atom stereocenters. The van der Waals surface area contributed by atoms with Crippen molar-refractivity contribution in [3.63, 3.8) is 0 Å². The molecule has 0 amide bonds. The van der Waals surface area contributed by atoms with Gasteiger partial charge in [-0.25, -0.2) is 0 Å². The molecule has 2 nitrogen and oxygen atoms in total. The summed E-state index contributed by atoms with van der Waals surface area (Å²) >= 11 is 0. The number of hydrogen-bond donors (Lipinski definition) is 0. The molecule has 0 saturated carbocycles. The van der Waals surface area contributed by atoms with E-state index in [0.717, 1.165) is 5.75 Å². The number of methoxy groups -OCH3 is 1. The van der Waals surface area contributed by atoms with Crippen LogP contribution in [0.5, 0.6) is 5.75 Å². The first-order valence-corrected chi connectivity index (χ1v) is 4.32. The van der Waals surface area contributed by atoms with Gasteiger partial charge in [-0.1, -0.05) is 12.1 Å². The fourth-order valence-electron chi connectivity index (χ4n) is 1.79. The number of hydrogen-bond acceptors (Lipinski definition) is 1. The predicted molar refractivity (Wildman–Crippen MR) is 54.2 cm³/mol. The molecule has 0 spiro atoms. The molecule has 2 rings (SSSR count). The first kappa shape index (κ1) is 8.17. The Morgan fingerprint density at radius 1 is 1.31 bits per heavy atom. The monoisotopic (exact) mass is 175 g/mol. The minimum Gasteiger partial charge on any atom is -0.495 e. The molecule has 0 radical (unpaired) electrons. The van der Waals surface area contributed by atoms with Crippen molar-refractivity contribution in [2.75, 3.05) is 7.11 Å². The Balaban J connectivity index is 2.88. The van der Waals surface area contributed by atoms with Gasteiger partial charge in [0.1, 0.15) is 5.75 Å². The lowest BCUT2D eigenvalue weighted by atomic mass is 10.2. The van der Waals surface area contributed by atoms with Crippen molar-refractivity contribution in [3.05, 3.63) is 30.0 Å². The summed E-state index contributed by atoms with van der Waals surface area (Å²) in [6, 6.07) is 6.13. The second-order valence-electron chi connectivity index (χ2n) is 3.28. The Kier molecular flexibility index (Phi) is 1.76. The SMILES string of the molecule is COc1cccc2c(C)cn(C)c12. The van der Waals surface area contributed by atoms with E-state index in [4.69, 9.17) is 4.74 Å². The molecular formula is C11H13NO. The molecule has 0 saturated heterocycles. The van der Waals surface area contributed by atoms with E-state index in [1.165, 1.54) is 16.5 Å². The summed E-state index contributed by atoms with van der Waals surface area (Å²) in [6.07, 6.45) is 2.12. The van der Waals surface area contributed by atoms with Crippen molar-refractivity contribution in [2.45, 2.75) is 6.92 Å². The van der Waals surface area contributed by atoms with Crippen LogP contribution in [0.3, 0.4) is 0 Å². The van der Waals surface area contributed by atoms with Gasteiger partial charge in [0.15, 0.2) is 0 Å². The van der Waals surface area contributed by atoms with E-state index >= 15 is 0 Å². The number of aromatic nitrogens is 1. The Bertz CT molecular complexity index is 443. The quantitative estimate of drug-likeness (QED) is 0.649. The summed E-state index contributed by atoms with van der Waals surface area (Å²) in [5.74, 6) is 0.938. The second kappa shape index (κ2) is 2.80. The van der Waals surface area contributed by atoms with Crippen LogP contribution in [0.25, 0.3) is 10.9 Å². The maximum atomic E-state index is 5.30. The molecule has 0 fully saturated rings. The van der Waals surface area contributed by atoms with Gasteiger partial charge in [-0.05, 0) is 18.6 Å². The Hall–Kier alpha value is -1.44. The minimum absolute atomic E-state index is 0.938. The zero-order valence-electron chi connectivity index (χ0n) is 8.16. The van der Waals surface area contributed by atoms with Gasteiger partial charge in [-0.15, -0.1) is 0 Å². The second-order valence-corrected chi connectivity index (χ2v) is 3.28. The lowest BCUT2D eigenvalue weighted by Gasteiger charge is -2.03. The van der Waals surface area contributed by atoms with Crippen molar-refractivity contribution in [1.82, 2.24) is 4.57 Å². The third-order valence-corrected chi connectivity index (χ3v) is 2.38. The van der Waals surface area contributed by atoms with Gasteiger partial charge in [0.25, 0.3) is 0 Å². The van der Waals surface area contributed by atoms with E-state index in [9.17, 15) is 0 Å². The molecule has 0 bridgehead atoms. The van der Waals surface area contributed by atoms with Crippen molar-refractivity contribution in [3.8, 4) is 5.75 Å². The minimum atomic E-state index is 0.938. The largest absolute Gasteiger partial charge is 0.495 e. The topological polar surface area (TPSA) is 14.2 Å². The molecule has 0 aliphatic carbocycles. The summed E-state index contributed by atoms with van der Waals surface area (Å²) < 4.78 is 7.40. The molecule has 68 valence electrons. The van der Waals surface area contributed by atoms with Crippen LogP contribution in [-0.2, 0) is 7.05 Å². The van der Waals surface area contributed by atoms with Gasteiger partial charge < -0.3 is 9.30 Å². The predicted octanol–water partition coefficient (Wildman–Crippen LogP) is 2.50. The molecule has 2 aromatic rings. The van der Waals surface area contributed by atoms with Gasteiger partial charge >= 0.3 is 0 Å². The number of rotatable bonds is 1. The van der Waals surface area contributed by atoms with Crippen molar-refractivity contribution in [1.29, 1.82) is 0 Å². The number of fused-ring (bicyclic) bond motifs is 1. The molecule has 0 unspecified atom stereocenters. The van der Waals surface area contributed by atoms with E-state index < -0.39 is 0 Å². The van der Waals surface area contributed by atoms with Crippen molar-refractivity contribution in [2.24, 2.45) is 7.05 Å². The normalized spacial score (nSPS) is 10.7. The molecule has 13 heavy (non-hydrogen) atoms. The Morgan fingerprint density at radius 3 is 2.77 bits per heavy atom. The van der Waals surface area contributed by atoms with Crippen LogP contribution in [0.2, 0.25) is 0 Å². The summed E-state index contributed by atoms with van der Waals surface area (Å²) in [4.78, 5) is 0. The van der Waals surface area contributed by atoms with Crippen LogP contribution < -0.4 is 4.74 Å². The summed E-state index contributed by atoms with van der Waals surface area (Å²) in [5, 5.41) is 1.27. The Morgan fingerprint density at radius 2 is 2.08 bits per heavy atom. The van der Waals surface area contributed by atoms with E-state index in [2.05, 4.69) is 23.8 Å². The summed E-state index contributed by atoms with van der Waals surface area (Å²) in [5.41, 5.74) is 2.46. The number of ether oxygens (including phenoxy) is 1. The highest BCUT2D eigenvalue weighted by atomic mass is 16.5. The third-order valence-electron chi connectivity index (χ3n) is 2.38. The first-order valence-electron chi connectivity index (χ1n) is 4.32. The van der Waals surface area contributed by atoms with Crippen LogP contribution in [0, 0.1) is 6.92 Å². The average Bonchev–Trinajstić information content (AvgIpc) is 2.43. The first-order chi connectivity index (χ1) is 6.24. The fraction of sp³-hybridized carbons (Fsp3) is 0.273. The van der Waals surface area contributed by atoms with E-state index in [-0.39, 0.29) is 0 Å².